The molecule has 2 rings (SSSR count). The summed E-state index contributed by atoms with van der Waals surface area (Å²) in [6.07, 6.45) is 0.356. The van der Waals surface area contributed by atoms with Crippen LogP contribution in [0.3, 0.4) is 0 Å². The second-order valence-corrected chi connectivity index (χ2v) is 5.62. The van der Waals surface area contributed by atoms with Crippen molar-refractivity contribution < 1.29 is 14.3 Å². The molecule has 0 bridgehead atoms. The summed E-state index contributed by atoms with van der Waals surface area (Å²) in [6.45, 7) is 6.85. The van der Waals surface area contributed by atoms with Crippen LogP contribution >= 0.6 is 0 Å². The molecule has 0 aromatic heterocycles. The van der Waals surface area contributed by atoms with Gasteiger partial charge in [0.1, 0.15) is 0 Å². The molecule has 0 spiro atoms. The number of carbonyl (C=O) groups is 2. The summed E-state index contributed by atoms with van der Waals surface area (Å²) in [5.41, 5.74) is 0. The molecule has 19 heavy (non-hydrogen) atoms. The Morgan fingerprint density at radius 3 is 2.74 bits per heavy atom. The zero-order chi connectivity index (χ0) is 14.0. The van der Waals surface area contributed by atoms with Gasteiger partial charge < -0.3 is 15.0 Å². The highest BCUT2D eigenvalue weighted by molar-refractivity contribution is 6.05. The number of nitrogens with one attached hydrogen (secondary N) is 1. The predicted octanol–water partition coefficient (Wildman–Crippen LogP) is -0.557. The number of likely N-dealkylation sites (N-methyl/N-ethyl adjacent to an activating group) is 1. The Hall–Kier alpha value is -0.980. The van der Waals surface area contributed by atoms with Gasteiger partial charge in [-0.05, 0) is 20.9 Å². The Labute approximate surface area is 114 Å². The summed E-state index contributed by atoms with van der Waals surface area (Å²) in [4.78, 5) is 27.4. The van der Waals surface area contributed by atoms with Crippen molar-refractivity contribution in [2.75, 3.05) is 33.3 Å². The molecule has 2 amide bonds. The van der Waals surface area contributed by atoms with Crippen LogP contribution in [0, 0.1) is 0 Å². The van der Waals surface area contributed by atoms with Crippen LogP contribution < -0.4 is 5.32 Å². The number of nitrogens with zero attached hydrogens (tertiary/aromatic N) is 2. The van der Waals surface area contributed by atoms with Crippen molar-refractivity contribution in [3.8, 4) is 0 Å². The lowest BCUT2D eigenvalue weighted by Gasteiger charge is -2.30. The summed E-state index contributed by atoms with van der Waals surface area (Å²) in [7, 11) is 2.06. The molecule has 1 N–H and O–H groups in total. The molecule has 2 aliphatic heterocycles. The van der Waals surface area contributed by atoms with Gasteiger partial charge in [0.25, 0.3) is 0 Å². The molecule has 2 heterocycles. The van der Waals surface area contributed by atoms with E-state index >= 15 is 0 Å². The van der Waals surface area contributed by atoms with Crippen LogP contribution in [0.1, 0.15) is 20.3 Å². The molecule has 2 saturated heterocycles. The summed E-state index contributed by atoms with van der Waals surface area (Å²) >= 11 is 0. The number of morpholine rings is 1. The minimum Gasteiger partial charge on any atom is -0.374 e. The van der Waals surface area contributed by atoms with Crippen LogP contribution in [0.15, 0.2) is 0 Å². The Kier molecular flexibility index (Phi) is 4.54. The monoisotopic (exact) mass is 269 g/mol. The number of amides is 2. The summed E-state index contributed by atoms with van der Waals surface area (Å²) in [5, 5.41) is 3.17. The van der Waals surface area contributed by atoms with Gasteiger partial charge in [-0.1, -0.05) is 0 Å². The molecule has 2 atom stereocenters. The lowest BCUT2D eigenvalue weighted by Crippen LogP contribution is -2.48. The fourth-order valence-electron chi connectivity index (χ4n) is 2.62. The van der Waals surface area contributed by atoms with Crippen molar-refractivity contribution in [2.45, 2.75) is 38.5 Å². The van der Waals surface area contributed by atoms with Gasteiger partial charge in [0.15, 0.2) is 0 Å². The molecule has 0 radical (unpaired) electrons. The first-order valence-corrected chi connectivity index (χ1v) is 6.88. The van der Waals surface area contributed by atoms with Crippen molar-refractivity contribution in [2.24, 2.45) is 0 Å². The van der Waals surface area contributed by atoms with Crippen molar-refractivity contribution in [3.05, 3.63) is 0 Å². The van der Waals surface area contributed by atoms with Crippen LogP contribution in [0.2, 0.25) is 0 Å². The van der Waals surface area contributed by atoms with E-state index in [-0.39, 0.29) is 36.4 Å². The van der Waals surface area contributed by atoms with Gasteiger partial charge >= 0.3 is 0 Å². The van der Waals surface area contributed by atoms with E-state index in [1.54, 1.807) is 0 Å². The average Bonchev–Trinajstić information content (AvgIpc) is 2.62. The second kappa shape index (κ2) is 5.98. The number of hydrogen-bond acceptors (Lipinski definition) is 5. The molecule has 0 saturated carbocycles. The molecule has 2 unspecified atom stereocenters. The summed E-state index contributed by atoms with van der Waals surface area (Å²) in [5.74, 6) is -0.191. The van der Waals surface area contributed by atoms with Crippen LogP contribution in [0.25, 0.3) is 0 Å². The lowest BCUT2D eigenvalue weighted by molar-refractivity contribution is -0.140. The molecule has 0 aromatic rings. The maximum atomic E-state index is 12.1. The van der Waals surface area contributed by atoms with E-state index in [9.17, 15) is 9.59 Å². The molecular weight excluding hydrogens is 246 g/mol. The van der Waals surface area contributed by atoms with Crippen molar-refractivity contribution in [1.29, 1.82) is 0 Å². The largest absolute Gasteiger partial charge is 0.374 e. The van der Waals surface area contributed by atoms with Crippen molar-refractivity contribution >= 4 is 11.8 Å². The van der Waals surface area contributed by atoms with E-state index in [1.807, 2.05) is 13.8 Å². The quantitative estimate of drug-likeness (QED) is 0.693. The van der Waals surface area contributed by atoms with Crippen LogP contribution in [0.5, 0.6) is 0 Å². The fraction of sp³-hybridized carbons (Fsp3) is 0.846. The van der Waals surface area contributed by atoms with E-state index in [0.717, 1.165) is 19.7 Å². The minimum atomic E-state index is -0.384. The molecule has 108 valence electrons. The first kappa shape index (κ1) is 14.4. The third-order valence-electron chi connectivity index (χ3n) is 3.63. The normalized spacial score (nSPS) is 29.6. The Morgan fingerprint density at radius 2 is 2.16 bits per heavy atom. The second-order valence-electron chi connectivity index (χ2n) is 5.62. The zero-order valence-corrected chi connectivity index (χ0v) is 11.9. The molecule has 2 fully saturated rings. The summed E-state index contributed by atoms with van der Waals surface area (Å²) in [6, 6.07) is -0.449. The van der Waals surface area contributed by atoms with E-state index < -0.39 is 0 Å². The van der Waals surface area contributed by atoms with Gasteiger partial charge in [0.2, 0.25) is 11.8 Å². The zero-order valence-electron chi connectivity index (χ0n) is 11.9. The van der Waals surface area contributed by atoms with E-state index in [4.69, 9.17) is 4.74 Å². The number of rotatable bonds is 4. The highest BCUT2D eigenvalue weighted by Crippen LogP contribution is 2.16. The smallest absolute Gasteiger partial charge is 0.247 e. The number of carbonyl (C=O) groups excluding carboxylic acids is 2. The van der Waals surface area contributed by atoms with Gasteiger partial charge in [-0.15, -0.1) is 0 Å². The first-order chi connectivity index (χ1) is 8.99. The third kappa shape index (κ3) is 3.32. The van der Waals surface area contributed by atoms with Gasteiger partial charge in [0.05, 0.1) is 25.2 Å². The van der Waals surface area contributed by atoms with Gasteiger partial charge in [-0.3, -0.25) is 14.5 Å². The van der Waals surface area contributed by atoms with Crippen molar-refractivity contribution in [1.82, 2.24) is 15.1 Å². The van der Waals surface area contributed by atoms with E-state index in [0.29, 0.717) is 6.54 Å². The fourth-order valence-corrected chi connectivity index (χ4v) is 2.62. The SMILES string of the molecule is CC(C)N1C(=O)CC(NCC2CN(C)CCO2)C1=O. The van der Waals surface area contributed by atoms with E-state index in [2.05, 4.69) is 17.3 Å². The van der Waals surface area contributed by atoms with Crippen LogP contribution in [0.4, 0.5) is 0 Å². The van der Waals surface area contributed by atoms with Gasteiger partial charge in [-0.25, -0.2) is 0 Å². The lowest BCUT2D eigenvalue weighted by atomic mass is 10.2. The number of imide groups is 1. The van der Waals surface area contributed by atoms with Gasteiger partial charge in [0, 0.05) is 25.7 Å². The molecule has 0 aliphatic carbocycles. The van der Waals surface area contributed by atoms with Crippen molar-refractivity contribution in [3.63, 3.8) is 0 Å². The molecular formula is C13H23N3O3. The maximum Gasteiger partial charge on any atom is 0.247 e. The molecule has 2 aliphatic rings. The Bertz CT molecular complexity index is 359. The summed E-state index contributed by atoms with van der Waals surface area (Å²) < 4.78 is 5.63. The number of hydrogen-bond donors (Lipinski definition) is 1. The highest BCUT2D eigenvalue weighted by Gasteiger charge is 2.39. The molecule has 6 nitrogen and oxygen atoms in total. The predicted molar refractivity (Wildman–Crippen MR) is 70.6 cm³/mol. The van der Waals surface area contributed by atoms with Crippen LogP contribution in [-0.2, 0) is 14.3 Å². The van der Waals surface area contributed by atoms with E-state index in [1.165, 1.54) is 4.90 Å². The number of ether oxygens (including phenoxy) is 1. The minimum absolute atomic E-state index is 0.0659. The maximum absolute atomic E-state index is 12.1. The highest BCUT2D eigenvalue weighted by atomic mass is 16.5. The first-order valence-electron chi connectivity index (χ1n) is 6.88. The Morgan fingerprint density at radius 1 is 1.42 bits per heavy atom. The average molecular weight is 269 g/mol. The van der Waals surface area contributed by atoms with Gasteiger partial charge in [-0.2, -0.15) is 0 Å². The molecule has 6 heteroatoms. The third-order valence-corrected chi connectivity index (χ3v) is 3.63. The Balaban J connectivity index is 1.83. The standard InChI is InChI=1S/C13H23N3O3/c1-9(2)16-12(17)6-11(13(16)18)14-7-10-8-15(3)4-5-19-10/h9-11,14H,4-8H2,1-3H3. The molecule has 0 aromatic carbocycles. The number of likely N-dealkylation sites (tertiary alicyclic amines) is 1. The topological polar surface area (TPSA) is 61.9 Å². The van der Waals surface area contributed by atoms with Crippen LogP contribution in [-0.4, -0.2) is 73.1 Å².